The van der Waals surface area contributed by atoms with Crippen molar-refractivity contribution in [1.82, 2.24) is 0 Å². The third kappa shape index (κ3) is 2.39. The first kappa shape index (κ1) is 8.79. The molecule has 1 unspecified atom stereocenters. The average molecular weight is 159 g/mol. The van der Waals surface area contributed by atoms with Crippen LogP contribution in [0.5, 0.6) is 0 Å². The van der Waals surface area contributed by atoms with Crippen molar-refractivity contribution < 1.29 is 0 Å². The third-order valence-electron chi connectivity index (χ3n) is 1.63. The fourth-order valence-electron chi connectivity index (χ4n) is 0.971. The van der Waals surface area contributed by atoms with Crippen molar-refractivity contribution in [1.29, 1.82) is 0 Å². The topological polar surface area (TPSA) is 26.0 Å². The monoisotopic (exact) mass is 159 g/mol. The Balaban J connectivity index is 2.79. The Morgan fingerprint density at radius 1 is 1.33 bits per heavy atom. The number of nitrogens with two attached hydrogens (primary N) is 1. The molecule has 0 saturated heterocycles. The molecular formula is C11H13N. The summed E-state index contributed by atoms with van der Waals surface area (Å²) in [5.74, 6) is 0. The van der Waals surface area contributed by atoms with Crippen molar-refractivity contribution in [3.8, 4) is 0 Å². The molecule has 0 saturated carbocycles. The van der Waals surface area contributed by atoms with Crippen LogP contribution in [-0.2, 0) is 0 Å². The van der Waals surface area contributed by atoms with Gasteiger partial charge < -0.3 is 5.73 Å². The van der Waals surface area contributed by atoms with Gasteiger partial charge in [-0.2, -0.15) is 0 Å². The summed E-state index contributed by atoms with van der Waals surface area (Å²) in [7, 11) is 0. The van der Waals surface area contributed by atoms with Crippen LogP contribution in [0, 0.1) is 0 Å². The maximum atomic E-state index is 5.84. The van der Waals surface area contributed by atoms with Gasteiger partial charge in [-0.15, -0.1) is 5.73 Å². The summed E-state index contributed by atoms with van der Waals surface area (Å²) in [6, 6.07) is 9.94. The predicted molar refractivity (Wildman–Crippen MR) is 51.7 cm³/mol. The smallest absolute Gasteiger partial charge is 0.0556 e. The first-order chi connectivity index (χ1) is 5.84. The summed E-state index contributed by atoms with van der Waals surface area (Å²) in [6.45, 7) is 1.92. The van der Waals surface area contributed by atoms with Crippen molar-refractivity contribution >= 4 is 0 Å². The molecule has 0 aromatic heterocycles. The molecule has 0 aliphatic carbocycles. The molecule has 1 atom stereocenters. The highest BCUT2D eigenvalue weighted by atomic mass is 14.6. The molecule has 1 aromatic carbocycles. The van der Waals surface area contributed by atoms with Gasteiger partial charge in [-0.25, -0.2) is 0 Å². The van der Waals surface area contributed by atoms with Gasteiger partial charge in [0.2, 0.25) is 0 Å². The first-order valence-corrected chi connectivity index (χ1v) is 4.02. The highest BCUT2D eigenvalue weighted by Gasteiger charge is 1.97. The predicted octanol–water partition coefficient (Wildman–Crippen LogP) is 2.42. The van der Waals surface area contributed by atoms with Crippen LogP contribution in [0.2, 0.25) is 0 Å². The number of benzene rings is 1. The van der Waals surface area contributed by atoms with E-state index < -0.39 is 0 Å². The van der Waals surface area contributed by atoms with Crippen molar-refractivity contribution in [2.75, 3.05) is 0 Å². The molecule has 1 rings (SSSR count). The van der Waals surface area contributed by atoms with Gasteiger partial charge in [0.05, 0.1) is 6.04 Å². The zero-order chi connectivity index (χ0) is 8.81. The van der Waals surface area contributed by atoms with E-state index in [-0.39, 0.29) is 6.04 Å². The Labute approximate surface area is 73.2 Å². The SMILES string of the molecule is CC=C=CC(N)c1ccccc1. The molecule has 2 N–H and O–H groups in total. The van der Waals surface area contributed by atoms with Crippen LogP contribution < -0.4 is 5.73 Å². The number of hydrogen-bond acceptors (Lipinski definition) is 1. The fraction of sp³-hybridized carbons (Fsp3) is 0.182. The summed E-state index contributed by atoms with van der Waals surface area (Å²) in [5.41, 5.74) is 9.93. The zero-order valence-corrected chi connectivity index (χ0v) is 7.20. The standard InChI is InChI=1S/C11H13N/c1-2-3-9-11(12)10-7-5-4-6-8-10/h2,4-9,11H,12H2,1H3. The van der Waals surface area contributed by atoms with Gasteiger partial charge in [-0.05, 0) is 24.6 Å². The normalized spacial score (nSPS) is 11.5. The van der Waals surface area contributed by atoms with Crippen LogP contribution in [-0.4, -0.2) is 0 Å². The molecular weight excluding hydrogens is 146 g/mol. The molecule has 0 bridgehead atoms. The summed E-state index contributed by atoms with van der Waals surface area (Å²) in [6.07, 6.45) is 3.71. The zero-order valence-electron chi connectivity index (χ0n) is 7.20. The van der Waals surface area contributed by atoms with Crippen LogP contribution in [0.25, 0.3) is 0 Å². The Bertz CT molecular complexity index is 281. The Morgan fingerprint density at radius 2 is 2.00 bits per heavy atom. The summed E-state index contributed by atoms with van der Waals surface area (Å²) in [5, 5.41) is 0. The molecule has 1 nitrogen and oxygen atoms in total. The number of hydrogen-bond donors (Lipinski definition) is 1. The lowest BCUT2D eigenvalue weighted by atomic mass is 10.1. The molecule has 0 heterocycles. The van der Waals surface area contributed by atoms with Crippen molar-refractivity contribution in [3.63, 3.8) is 0 Å². The van der Waals surface area contributed by atoms with Crippen LogP contribution in [0.3, 0.4) is 0 Å². The second kappa shape index (κ2) is 4.55. The minimum Gasteiger partial charge on any atom is -0.320 e. The summed E-state index contributed by atoms with van der Waals surface area (Å²) < 4.78 is 0. The van der Waals surface area contributed by atoms with Gasteiger partial charge in [0.15, 0.2) is 0 Å². The average Bonchev–Trinajstić information content (AvgIpc) is 2.15. The van der Waals surface area contributed by atoms with Gasteiger partial charge in [0.1, 0.15) is 0 Å². The van der Waals surface area contributed by atoms with E-state index in [9.17, 15) is 0 Å². The second-order valence-electron chi connectivity index (χ2n) is 2.56. The molecule has 0 amide bonds. The van der Waals surface area contributed by atoms with Crippen LogP contribution in [0.1, 0.15) is 18.5 Å². The van der Waals surface area contributed by atoms with Crippen molar-refractivity contribution in [2.45, 2.75) is 13.0 Å². The van der Waals surface area contributed by atoms with Crippen LogP contribution in [0.15, 0.2) is 48.2 Å². The highest BCUT2D eigenvalue weighted by Crippen LogP contribution is 2.09. The van der Waals surface area contributed by atoms with Crippen molar-refractivity contribution in [2.24, 2.45) is 5.73 Å². The van der Waals surface area contributed by atoms with E-state index in [0.717, 1.165) is 5.56 Å². The largest absolute Gasteiger partial charge is 0.320 e. The molecule has 0 aliphatic rings. The lowest BCUT2D eigenvalue weighted by Gasteiger charge is -2.03. The second-order valence-corrected chi connectivity index (χ2v) is 2.56. The van der Waals surface area contributed by atoms with E-state index in [1.54, 1.807) is 0 Å². The maximum Gasteiger partial charge on any atom is 0.0556 e. The third-order valence-corrected chi connectivity index (χ3v) is 1.63. The van der Waals surface area contributed by atoms with E-state index in [0.29, 0.717) is 0 Å². The molecule has 0 spiro atoms. The lowest BCUT2D eigenvalue weighted by Crippen LogP contribution is -2.05. The van der Waals surface area contributed by atoms with Gasteiger partial charge in [-0.1, -0.05) is 30.3 Å². The quantitative estimate of drug-likeness (QED) is 0.659. The number of rotatable bonds is 2. The highest BCUT2D eigenvalue weighted by molar-refractivity contribution is 5.21. The maximum absolute atomic E-state index is 5.84. The molecule has 0 fully saturated rings. The molecule has 62 valence electrons. The van der Waals surface area contributed by atoms with Gasteiger partial charge in [0, 0.05) is 0 Å². The van der Waals surface area contributed by atoms with Crippen LogP contribution >= 0.6 is 0 Å². The van der Waals surface area contributed by atoms with Crippen LogP contribution in [0.4, 0.5) is 0 Å². The molecule has 1 heteroatoms. The molecule has 1 aromatic rings. The van der Waals surface area contributed by atoms with Gasteiger partial charge in [0.25, 0.3) is 0 Å². The molecule has 12 heavy (non-hydrogen) atoms. The lowest BCUT2D eigenvalue weighted by molar-refractivity contribution is 0.913. The first-order valence-electron chi connectivity index (χ1n) is 4.02. The summed E-state index contributed by atoms with van der Waals surface area (Å²) in [4.78, 5) is 0. The van der Waals surface area contributed by atoms with E-state index in [1.807, 2.05) is 49.4 Å². The van der Waals surface area contributed by atoms with E-state index >= 15 is 0 Å². The van der Waals surface area contributed by atoms with Gasteiger partial charge >= 0.3 is 0 Å². The molecule has 0 radical (unpaired) electrons. The Kier molecular flexibility index (Phi) is 3.34. The van der Waals surface area contributed by atoms with Gasteiger partial charge in [-0.3, -0.25) is 0 Å². The van der Waals surface area contributed by atoms with E-state index in [4.69, 9.17) is 5.73 Å². The minimum absolute atomic E-state index is 0.0394. The summed E-state index contributed by atoms with van der Waals surface area (Å²) >= 11 is 0. The van der Waals surface area contributed by atoms with Crippen molar-refractivity contribution in [3.05, 3.63) is 53.8 Å². The Morgan fingerprint density at radius 3 is 2.58 bits per heavy atom. The minimum atomic E-state index is -0.0394. The van der Waals surface area contributed by atoms with E-state index in [1.165, 1.54) is 0 Å². The Hall–Kier alpha value is -1.30. The fourth-order valence-corrected chi connectivity index (χ4v) is 0.971. The molecule has 0 aliphatic heterocycles. The van der Waals surface area contributed by atoms with E-state index in [2.05, 4.69) is 5.73 Å².